The van der Waals surface area contributed by atoms with Crippen LogP contribution >= 0.6 is 0 Å². The number of aliphatic carboxylic acids is 2. The molecule has 0 saturated heterocycles. The van der Waals surface area contributed by atoms with Crippen molar-refractivity contribution in [2.75, 3.05) is 0 Å². The van der Waals surface area contributed by atoms with E-state index < -0.39 is 36.4 Å². The largest absolute Gasteiger partial charge is 0.481 e. The summed E-state index contributed by atoms with van der Waals surface area (Å²) in [7, 11) is 0. The van der Waals surface area contributed by atoms with E-state index in [4.69, 9.17) is 14.9 Å². The van der Waals surface area contributed by atoms with Gasteiger partial charge in [-0.25, -0.2) is 14.5 Å². The van der Waals surface area contributed by atoms with E-state index >= 15 is 0 Å². The summed E-state index contributed by atoms with van der Waals surface area (Å²) in [6, 6.07) is 6.74. The number of ether oxygens (including phenoxy) is 1. The number of imide groups is 1. The number of hydrogen-bond acceptors (Lipinski definition) is 5. The number of carboxylic acids is 2. The maximum absolute atomic E-state index is 11.9. The maximum Gasteiger partial charge on any atom is 0.417 e. The second-order valence-electron chi connectivity index (χ2n) is 4.38. The summed E-state index contributed by atoms with van der Waals surface area (Å²) in [6.07, 6.45) is -2.11. The number of rotatable bonds is 6. The van der Waals surface area contributed by atoms with Crippen LogP contribution < -0.4 is 0 Å². The fraction of sp³-hybridized carbons (Fsp3) is 0.286. The molecule has 0 unspecified atom stereocenters. The van der Waals surface area contributed by atoms with Crippen molar-refractivity contribution in [3.8, 4) is 0 Å². The lowest BCUT2D eigenvalue weighted by Crippen LogP contribution is -2.49. The molecular formula is C14H15NO7. The summed E-state index contributed by atoms with van der Waals surface area (Å²) < 4.78 is 4.87. The quantitative estimate of drug-likeness (QED) is 0.806. The first-order chi connectivity index (χ1) is 10.3. The molecule has 0 aromatic heterocycles. The smallest absolute Gasteiger partial charge is 0.417 e. The number of benzene rings is 1. The van der Waals surface area contributed by atoms with Crippen molar-refractivity contribution in [2.24, 2.45) is 0 Å². The molecule has 0 aliphatic carbocycles. The van der Waals surface area contributed by atoms with Crippen LogP contribution in [0.3, 0.4) is 0 Å². The van der Waals surface area contributed by atoms with E-state index in [1.807, 2.05) is 0 Å². The molecule has 2 amide bonds. The van der Waals surface area contributed by atoms with E-state index in [1.165, 1.54) is 0 Å². The van der Waals surface area contributed by atoms with Crippen molar-refractivity contribution in [1.82, 2.24) is 4.90 Å². The zero-order chi connectivity index (χ0) is 16.7. The van der Waals surface area contributed by atoms with E-state index in [-0.39, 0.29) is 6.61 Å². The Hall–Kier alpha value is -2.90. The van der Waals surface area contributed by atoms with Gasteiger partial charge in [0.15, 0.2) is 6.04 Å². The van der Waals surface area contributed by atoms with Gasteiger partial charge in [0.1, 0.15) is 6.61 Å². The van der Waals surface area contributed by atoms with Gasteiger partial charge >= 0.3 is 18.0 Å². The van der Waals surface area contributed by atoms with Crippen LogP contribution in [0.1, 0.15) is 18.9 Å². The first-order valence-electron chi connectivity index (χ1n) is 6.28. The van der Waals surface area contributed by atoms with E-state index in [0.29, 0.717) is 10.5 Å². The van der Waals surface area contributed by atoms with E-state index in [1.54, 1.807) is 30.3 Å². The third-order valence-corrected chi connectivity index (χ3v) is 2.71. The fourth-order valence-electron chi connectivity index (χ4n) is 1.72. The molecule has 0 aliphatic heterocycles. The van der Waals surface area contributed by atoms with Crippen molar-refractivity contribution in [1.29, 1.82) is 0 Å². The minimum absolute atomic E-state index is 0.164. The van der Waals surface area contributed by atoms with Gasteiger partial charge in [-0.15, -0.1) is 0 Å². The third kappa shape index (κ3) is 4.89. The van der Waals surface area contributed by atoms with Crippen LogP contribution in [0, 0.1) is 0 Å². The third-order valence-electron chi connectivity index (χ3n) is 2.71. The number of carbonyl (C=O) groups excluding carboxylic acids is 2. The second-order valence-corrected chi connectivity index (χ2v) is 4.38. The van der Waals surface area contributed by atoms with Gasteiger partial charge in [-0.3, -0.25) is 9.59 Å². The maximum atomic E-state index is 11.9. The van der Waals surface area contributed by atoms with Gasteiger partial charge in [0.2, 0.25) is 5.91 Å². The van der Waals surface area contributed by atoms with Crippen molar-refractivity contribution in [3.63, 3.8) is 0 Å². The molecule has 0 fully saturated rings. The van der Waals surface area contributed by atoms with Gasteiger partial charge in [0.05, 0.1) is 6.42 Å². The lowest BCUT2D eigenvalue weighted by Gasteiger charge is -2.24. The van der Waals surface area contributed by atoms with E-state index in [2.05, 4.69) is 0 Å². The molecule has 8 nitrogen and oxygen atoms in total. The summed E-state index contributed by atoms with van der Waals surface area (Å²) in [5.41, 5.74) is 0.643. The zero-order valence-electron chi connectivity index (χ0n) is 11.8. The summed E-state index contributed by atoms with van der Waals surface area (Å²) in [5, 5.41) is 17.7. The van der Waals surface area contributed by atoms with Crippen molar-refractivity contribution >= 4 is 23.9 Å². The Morgan fingerprint density at radius 2 is 1.73 bits per heavy atom. The predicted molar refractivity (Wildman–Crippen MR) is 72.8 cm³/mol. The molecule has 2 N–H and O–H groups in total. The van der Waals surface area contributed by atoms with Crippen molar-refractivity contribution in [3.05, 3.63) is 35.9 Å². The second kappa shape index (κ2) is 7.77. The van der Waals surface area contributed by atoms with E-state index in [0.717, 1.165) is 6.92 Å². The summed E-state index contributed by atoms with van der Waals surface area (Å²) in [4.78, 5) is 45.5. The van der Waals surface area contributed by atoms with Crippen molar-refractivity contribution in [2.45, 2.75) is 26.0 Å². The highest BCUT2D eigenvalue weighted by Crippen LogP contribution is 2.10. The number of hydrogen-bond donors (Lipinski definition) is 2. The fourth-order valence-corrected chi connectivity index (χ4v) is 1.72. The Balaban J connectivity index is 2.84. The van der Waals surface area contributed by atoms with Crippen molar-refractivity contribution < 1.29 is 34.1 Å². The molecule has 0 saturated carbocycles. The van der Waals surface area contributed by atoms with Crippen LogP contribution in [0.4, 0.5) is 4.79 Å². The van der Waals surface area contributed by atoms with Gasteiger partial charge in [0, 0.05) is 6.92 Å². The first kappa shape index (κ1) is 17.2. The van der Waals surface area contributed by atoms with Crippen LogP contribution in [0.25, 0.3) is 0 Å². The Morgan fingerprint density at radius 3 is 2.18 bits per heavy atom. The molecule has 0 heterocycles. The monoisotopic (exact) mass is 309 g/mol. The Bertz CT molecular complexity index is 570. The minimum atomic E-state index is -1.82. The minimum Gasteiger partial charge on any atom is -0.481 e. The summed E-state index contributed by atoms with van der Waals surface area (Å²) in [5.74, 6) is -3.96. The highest BCUT2D eigenvalue weighted by atomic mass is 16.6. The highest BCUT2D eigenvalue weighted by molar-refractivity contribution is 5.96. The van der Waals surface area contributed by atoms with Gasteiger partial charge < -0.3 is 14.9 Å². The van der Waals surface area contributed by atoms with Crippen LogP contribution in [0.15, 0.2) is 30.3 Å². The molecule has 1 atom stereocenters. The topological polar surface area (TPSA) is 121 Å². The molecule has 1 aromatic carbocycles. The Morgan fingerprint density at radius 1 is 1.14 bits per heavy atom. The Labute approximate surface area is 125 Å². The van der Waals surface area contributed by atoms with Gasteiger partial charge in [-0.2, -0.15) is 0 Å². The molecule has 8 heteroatoms. The van der Waals surface area contributed by atoms with Gasteiger partial charge in [0.25, 0.3) is 0 Å². The zero-order valence-corrected chi connectivity index (χ0v) is 11.8. The molecule has 118 valence electrons. The van der Waals surface area contributed by atoms with Crippen LogP contribution in [-0.2, 0) is 25.7 Å². The normalized spacial score (nSPS) is 11.3. The SMILES string of the molecule is CC(=O)N(C(=O)OCc1ccccc1)[C@@H](CC(=O)O)C(=O)O. The summed E-state index contributed by atoms with van der Waals surface area (Å²) in [6.45, 7) is 0.796. The van der Waals surface area contributed by atoms with Crippen LogP contribution in [-0.4, -0.2) is 45.1 Å². The molecule has 1 rings (SSSR count). The Kier molecular flexibility index (Phi) is 6.06. The highest BCUT2D eigenvalue weighted by Gasteiger charge is 2.35. The van der Waals surface area contributed by atoms with E-state index in [9.17, 15) is 19.2 Å². The standard InChI is InChI=1S/C14H15NO7/c1-9(16)15(11(13(19)20)7-12(17)18)14(21)22-8-10-5-3-2-4-6-10/h2-6,11H,7-8H2,1H3,(H,17,18)(H,19,20)/t11-/m0/s1. The first-order valence-corrected chi connectivity index (χ1v) is 6.28. The molecule has 0 spiro atoms. The van der Waals surface area contributed by atoms with Crippen LogP contribution in [0.2, 0.25) is 0 Å². The molecule has 22 heavy (non-hydrogen) atoms. The molecule has 1 aromatic rings. The molecule has 0 radical (unpaired) electrons. The van der Waals surface area contributed by atoms with Gasteiger partial charge in [-0.05, 0) is 5.56 Å². The number of amides is 2. The number of carboxylic acid groups (broad SMARTS) is 2. The lowest BCUT2D eigenvalue weighted by atomic mass is 10.2. The number of carbonyl (C=O) groups is 4. The summed E-state index contributed by atoms with van der Waals surface area (Å²) >= 11 is 0. The molecule has 0 bridgehead atoms. The predicted octanol–water partition coefficient (Wildman–Crippen LogP) is 1.10. The molecule has 0 aliphatic rings. The average molecular weight is 309 g/mol. The molecular weight excluding hydrogens is 294 g/mol. The number of nitrogens with zero attached hydrogens (tertiary/aromatic N) is 1. The van der Waals surface area contributed by atoms with Crippen LogP contribution in [0.5, 0.6) is 0 Å². The average Bonchev–Trinajstić information content (AvgIpc) is 2.44. The lowest BCUT2D eigenvalue weighted by molar-refractivity contribution is -0.152. The van der Waals surface area contributed by atoms with Gasteiger partial charge in [-0.1, -0.05) is 30.3 Å².